The maximum Gasteiger partial charge on any atom is 0.376 e. The van der Waals surface area contributed by atoms with Gasteiger partial charge >= 0.3 is 5.97 Å². The highest BCUT2D eigenvalue weighted by molar-refractivity contribution is 5.85. The van der Waals surface area contributed by atoms with Crippen molar-refractivity contribution < 1.29 is 28.5 Å². The van der Waals surface area contributed by atoms with Gasteiger partial charge in [-0.2, -0.15) is 5.10 Å². The third kappa shape index (κ3) is 9.39. The molecule has 3 aromatic carbocycles. The molecular weight excluding hydrogens is 510 g/mol. The number of ether oxygens (including phenoxy) is 5. The van der Waals surface area contributed by atoms with Crippen LogP contribution in [0.2, 0.25) is 0 Å². The van der Waals surface area contributed by atoms with Gasteiger partial charge in [-0.1, -0.05) is 91.0 Å². The highest BCUT2D eigenvalue weighted by atomic mass is 16.6. The van der Waals surface area contributed by atoms with Gasteiger partial charge in [0.15, 0.2) is 0 Å². The van der Waals surface area contributed by atoms with Crippen LogP contribution in [0.1, 0.15) is 34.2 Å². The minimum atomic E-state index is -0.566. The predicted octanol–water partition coefficient (Wildman–Crippen LogP) is 4.82. The Morgan fingerprint density at radius 1 is 0.725 bits per heavy atom. The summed E-state index contributed by atoms with van der Waals surface area (Å²) in [5.41, 5.74) is 3.13. The van der Waals surface area contributed by atoms with E-state index in [0.717, 1.165) is 16.7 Å². The Hall–Kier alpha value is -3.89. The van der Waals surface area contributed by atoms with Gasteiger partial charge in [-0.15, -0.1) is 0 Å². The van der Waals surface area contributed by atoms with Gasteiger partial charge in [-0.25, -0.2) is 14.5 Å². The molecule has 2 unspecified atom stereocenters. The van der Waals surface area contributed by atoms with Crippen molar-refractivity contribution in [3.63, 3.8) is 0 Å². The molecule has 0 aliphatic carbocycles. The van der Waals surface area contributed by atoms with Crippen molar-refractivity contribution in [2.75, 3.05) is 19.8 Å². The van der Waals surface area contributed by atoms with Crippen molar-refractivity contribution in [1.29, 1.82) is 0 Å². The smallest absolute Gasteiger partial charge is 0.376 e. The van der Waals surface area contributed by atoms with Crippen molar-refractivity contribution in [2.45, 2.75) is 45.7 Å². The third-order valence-electron chi connectivity index (χ3n) is 5.99. The largest absolute Gasteiger partial charge is 0.460 e. The zero-order chi connectivity index (χ0) is 27.8. The van der Waals surface area contributed by atoms with Gasteiger partial charge in [-0.3, -0.25) is 0 Å². The molecule has 4 rings (SSSR count). The van der Waals surface area contributed by atoms with Crippen LogP contribution in [0.3, 0.4) is 0 Å². The van der Waals surface area contributed by atoms with Gasteiger partial charge in [0.2, 0.25) is 5.82 Å². The molecule has 0 N–H and O–H groups in total. The maximum absolute atomic E-state index is 12.3. The van der Waals surface area contributed by atoms with Gasteiger partial charge in [0.1, 0.15) is 25.3 Å². The number of rotatable bonds is 17. The van der Waals surface area contributed by atoms with Gasteiger partial charge in [0, 0.05) is 0 Å². The standard InChI is InChI=1S/C31H35N3O6/c1-2-38-31(35)30-32-23-33-34(30)24-40-29(22-37-19-26-14-8-4-9-15-26)28(39-20-27-16-10-5-11-17-27)21-36-18-25-12-6-3-7-13-25/h3-17,23,28-29H,2,18-22,24H2,1H3. The summed E-state index contributed by atoms with van der Waals surface area (Å²) in [5, 5.41) is 4.14. The van der Waals surface area contributed by atoms with Crippen LogP contribution < -0.4 is 0 Å². The van der Waals surface area contributed by atoms with Gasteiger partial charge in [0.05, 0.1) is 39.6 Å². The Labute approximate surface area is 234 Å². The highest BCUT2D eigenvalue weighted by Crippen LogP contribution is 2.14. The highest BCUT2D eigenvalue weighted by Gasteiger charge is 2.26. The van der Waals surface area contributed by atoms with Crippen LogP contribution in [0.15, 0.2) is 97.3 Å². The molecule has 0 amide bonds. The minimum Gasteiger partial charge on any atom is -0.460 e. The van der Waals surface area contributed by atoms with E-state index in [0.29, 0.717) is 19.8 Å². The van der Waals surface area contributed by atoms with E-state index >= 15 is 0 Å². The van der Waals surface area contributed by atoms with Gasteiger partial charge in [-0.05, 0) is 23.6 Å². The Bertz CT molecular complexity index is 1250. The number of nitrogens with zero attached hydrogens (tertiary/aromatic N) is 3. The molecule has 0 aliphatic rings. The summed E-state index contributed by atoms with van der Waals surface area (Å²) in [6.45, 7) is 3.63. The van der Waals surface area contributed by atoms with E-state index in [1.54, 1.807) is 6.92 Å². The molecule has 9 heteroatoms. The fourth-order valence-electron chi connectivity index (χ4n) is 3.92. The first-order valence-electron chi connectivity index (χ1n) is 13.3. The maximum atomic E-state index is 12.3. The van der Waals surface area contributed by atoms with E-state index in [9.17, 15) is 4.79 Å². The zero-order valence-corrected chi connectivity index (χ0v) is 22.6. The van der Waals surface area contributed by atoms with Crippen LogP contribution in [0.4, 0.5) is 0 Å². The van der Waals surface area contributed by atoms with E-state index in [1.165, 1.54) is 11.0 Å². The number of carbonyl (C=O) groups excluding carboxylic acids is 1. The Morgan fingerprint density at radius 3 is 1.75 bits per heavy atom. The van der Waals surface area contributed by atoms with Crippen molar-refractivity contribution in [1.82, 2.24) is 14.8 Å². The topological polar surface area (TPSA) is 93.9 Å². The molecule has 40 heavy (non-hydrogen) atoms. The summed E-state index contributed by atoms with van der Waals surface area (Å²) >= 11 is 0. The van der Waals surface area contributed by atoms with Crippen LogP contribution in [0.5, 0.6) is 0 Å². The SMILES string of the molecule is CCOC(=O)c1ncnn1COC(COCc1ccccc1)C(COCc1ccccc1)OCc1ccccc1. The number of carbonyl (C=O) groups is 1. The predicted molar refractivity (Wildman–Crippen MR) is 148 cm³/mol. The summed E-state index contributed by atoms with van der Waals surface area (Å²) in [6, 6.07) is 29.8. The minimum absolute atomic E-state index is 0.0443. The van der Waals surface area contributed by atoms with Gasteiger partial charge < -0.3 is 23.7 Å². The Morgan fingerprint density at radius 2 is 1.23 bits per heavy atom. The number of hydrogen-bond acceptors (Lipinski definition) is 8. The molecular formula is C31H35N3O6. The zero-order valence-electron chi connectivity index (χ0n) is 22.6. The van der Waals surface area contributed by atoms with E-state index in [2.05, 4.69) is 10.1 Å². The molecule has 0 radical (unpaired) electrons. The van der Waals surface area contributed by atoms with E-state index in [-0.39, 0.29) is 32.4 Å². The van der Waals surface area contributed by atoms with E-state index < -0.39 is 18.2 Å². The Kier molecular flexibility index (Phi) is 11.8. The molecule has 1 heterocycles. The number of benzene rings is 3. The molecule has 0 saturated carbocycles. The normalized spacial score (nSPS) is 12.6. The lowest BCUT2D eigenvalue weighted by Gasteiger charge is -2.28. The molecule has 0 bridgehead atoms. The fraction of sp³-hybridized carbons (Fsp3) is 0.323. The lowest BCUT2D eigenvalue weighted by Crippen LogP contribution is -2.39. The van der Waals surface area contributed by atoms with E-state index in [4.69, 9.17) is 23.7 Å². The molecule has 1 aromatic heterocycles. The molecule has 0 fully saturated rings. The van der Waals surface area contributed by atoms with Crippen LogP contribution in [0.25, 0.3) is 0 Å². The third-order valence-corrected chi connectivity index (χ3v) is 5.99. The van der Waals surface area contributed by atoms with Crippen molar-refractivity contribution in [3.05, 3.63) is 120 Å². The first kappa shape index (κ1) is 29.1. The number of aromatic nitrogens is 3. The second-order valence-electron chi connectivity index (χ2n) is 8.97. The first-order chi connectivity index (χ1) is 19.7. The summed E-state index contributed by atoms with van der Waals surface area (Å²) in [4.78, 5) is 16.3. The average molecular weight is 546 g/mol. The van der Waals surface area contributed by atoms with Crippen molar-refractivity contribution in [2.24, 2.45) is 0 Å². The number of esters is 1. The summed E-state index contributed by atoms with van der Waals surface area (Å²) in [5.74, 6) is -0.503. The lowest BCUT2D eigenvalue weighted by molar-refractivity contribution is -0.150. The monoisotopic (exact) mass is 545 g/mol. The molecule has 0 saturated heterocycles. The van der Waals surface area contributed by atoms with Gasteiger partial charge in [0.25, 0.3) is 0 Å². The van der Waals surface area contributed by atoms with Crippen molar-refractivity contribution in [3.8, 4) is 0 Å². The van der Waals surface area contributed by atoms with E-state index in [1.807, 2.05) is 91.0 Å². The molecule has 0 aliphatic heterocycles. The van der Waals surface area contributed by atoms with Crippen molar-refractivity contribution >= 4 is 5.97 Å². The quantitative estimate of drug-likeness (QED) is 0.174. The average Bonchev–Trinajstić information content (AvgIpc) is 3.47. The molecule has 210 valence electrons. The summed E-state index contributed by atoms with van der Waals surface area (Å²) in [6.07, 6.45) is 0.278. The van der Waals surface area contributed by atoms with Crippen LogP contribution in [-0.4, -0.2) is 52.8 Å². The summed E-state index contributed by atoms with van der Waals surface area (Å²) < 4.78 is 31.2. The molecule has 2 atom stereocenters. The second-order valence-corrected chi connectivity index (χ2v) is 8.97. The first-order valence-corrected chi connectivity index (χ1v) is 13.3. The molecule has 4 aromatic rings. The molecule has 0 spiro atoms. The van der Waals surface area contributed by atoms with Crippen LogP contribution >= 0.6 is 0 Å². The summed E-state index contributed by atoms with van der Waals surface area (Å²) in [7, 11) is 0. The van der Waals surface area contributed by atoms with Crippen LogP contribution in [0, 0.1) is 0 Å². The number of hydrogen-bond donors (Lipinski definition) is 0. The lowest BCUT2D eigenvalue weighted by atomic mass is 10.2. The molecule has 9 nitrogen and oxygen atoms in total. The Balaban J connectivity index is 1.47. The van der Waals surface area contributed by atoms with Crippen LogP contribution in [-0.2, 0) is 50.2 Å². The second kappa shape index (κ2) is 16.3. The fourth-order valence-corrected chi connectivity index (χ4v) is 3.92.